The second kappa shape index (κ2) is 3.13. The molecular weight excluding hydrogens is 155 g/mol. The fraction of sp³-hybridized carbons (Fsp3) is 0.400. The van der Waals surface area contributed by atoms with Crippen LogP contribution in [0, 0.1) is 11.9 Å². The van der Waals surface area contributed by atoms with Crippen molar-refractivity contribution in [3.63, 3.8) is 0 Å². The van der Waals surface area contributed by atoms with Crippen molar-refractivity contribution in [2.45, 2.75) is 26.4 Å². The lowest BCUT2D eigenvalue weighted by atomic mass is 10.2. The van der Waals surface area contributed by atoms with E-state index in [2.05, 4.69) is 6.07 Å². The minimum atomic E-state index is -0.438. The molecule has 0 N–H and O–H groups in total. The highest BCUT2D eigenvalue weighted by atomic mass is 19.1. The molecular formula is C10H12FO. The lowest BCUT2D eigenvalue weighted by Crippen LogP contribution is -2.23. The van der Waals surface area contributed by atoms with Gasteiger partial charge in [0.1, 0.15) is 5.60 Å². The highest BCUT2D eigenvalue weighted by molar-refractivity contribution is 5.23. The summed E-state index contributed by atoms with van der Waals surface area (Å²) >= 11 is 0. The maximum absolute atomic E-state index is 12.9. The normalized spacial score (nSPS) is 11.3. The van der Waals surface area contributed by atoms with Gasteiger partial charge in [-0.1, -0.05) is 12.1 Å². The fourth-order valence-electron chi connectivity index (χ4n) is 0.810. The van der Waals surface area contributed by atoms with E-state index in [1.807, 2.05) is 20.8 Å². The first-order valence-electron chi connectivity index (χ1n) is 3.84. The van der Waals surface area contributed by atoms with Crippen molar-refractivity contribution >= 4 is 0 Å². The zero-order chi connectivity index (χ0) is 9.19. The molecule has 0 saturated carbocycles. The number of ether oxygens (including phenoxy) is 1. The van der Waals surface area contributed by atoms with Gasteiger partial charge in [-0.2, -0.15) is 0 Å². The maximum atomic E-state index is 12.9. The van der Waals surface area contributed by atoms with Gasteiger partial charge in [-0.3, -0.25) is 0 Å². The Morgan fingerprint density at radius 1 is 1.42 bits per heavy atom. The van der Waals surface area contributed by atoms with Gasteiger partial charge in [-0.25, -0.2) is 4.39 Å². The van der Waals surface area contributed by atoms with E-state index in [4.69, 9.17) is 4.74 Å². The monoisotopic (exact) mass is 167 g/mol. The third-order valence-corrected chi connectivity index (χ3v) is 1.19. The van der Waals surface area contributed by atoms with Crippen LogP contribution in [0.1, 0.15) is 20.8 Å². The van der Waals surface area contributed by atoms with Crippen LogP contribution < -0.4 is 4.74 Å². The molecule has 1 nitrogen and oxygen atoms in total. The lowest BCUT2D eigenvalue weighted by molar-refractivity contribution is 0.124. The largest absolute Gasteiger partial charge is 0.485 e. The first kappa shape index (κ1) is 9.04. The van der Waals surface area contributed by atoms with E-state index in [1.165, 1.54) is 6.07 Å². The van der Waals surface area contributed by atoms with Gasteiger partial charge in [0.2, 0.25) is 0 Å². The van der Waals surface area contributed by atoms with Crippen LogP contribution in [0.25, 0.3) is 0 Å². The molecule has 0 spiro atoms. The van der Waals surface area contributed by atoms with E-state index < -0.39 is 5.82 Å². The van der Waals surface area contributed by atoms with Gasteiger partial charge in [-0.15, -0.1) is 0 Å². The van der Waals surface area contributed by atoms with Crippen LogP contribution in [0.15, 0.2) is 18.2 Å². The Kier molecular flexibility index (Phi) is 2.36. The molecule has 0 bridgehead atoms. The van der Waals surface area contributed by atoms with Gasteiger partial charge in [-0.05, 0) is 26.8 Å². The molecule has 1 radical (unpaired) electrons. The van der Waals surface area contributed by atoms with Gasteiger partial charge >= 0.3 is 0 Å². The molecule has 0 aromatic heterocycles. The van der Waals surface area contributed by atoms with Gasteiger partial charge in [0.25, 0.3) is 0 Å². The van der Waals surface area contributed by atoms with Crippen molar-refractivity contribution in [1.29, 1.82) is 0 Å². The van der Waals surface area contributed by atoms with Gasteiger partial charge in [0.05, 0.1) is 0 Å². The van der Waals surface area contributed by atoms with Crippen molar-refractivity contribution in [3.05, 3.63) is 30.1 Å². The van der Waals surface area contributed by atoms with Gasteiger partial charge in [0.15, 0.2) is 11.6 Å². The number of benzene rings is 1. The summed E-state index contributed by atoms with van der Waals surface area (Å²) in [7, 11) is 0. The average Bonchev–Trinajstić information content (AvgIpc) is 1.91. The second-order valence-electron chi connectivity index (χ2n) is 3.56. The highest BCUT2D eigenvalue weighted by Crippen LogP contribution is 2.20. The summed E-state index contributed by atoms with van der Waals surface area (Å²) in [6.07, 6.45) is 0. The van der Waals surface area contributed by atoms with Crippen LogP contribution in [0.3, 0.4) is 0 Å². The van der Waals surface area contributed by atoms with Crippen molar-refractivity contribution in [3.8, 4) is 5.75 Å². The molecule has 65 valence electrons. The summed E-state index contributed by atoms with van der Waals surface area (Å²) < 4.78 is 18.3. The van der Waals surface area contributed by atoms with Crippen LogP contribution in [-0.4, -0.2) is 5.60 Å². The smallest absolute Gasteiger partial charge is 0.173 e. The Balaban J connectivity index is 2.83. The zero-order valence-electron chi connectivity index (χ0n) is 7.52. The Morgan fingerprint density at radius 3 is 2.58 bits per heavy atom. The van der Waals surface area contributed by atoms with Gasteiger partial charge < -0.3 is 4.74 Å². The summed E-state index contributed by atoms with van der Waals surface area (Å²) in [4.78, 5) is 0. The summed E-state index contributed by atoms with van der Waals surface area (Å²) in [6, 6.07) is 7.24. The molecule has 0 saturated heterocycles. The van der Waals surface area contributed by atoms with E-state index >= 15 is 0 Å². The Hall–Kier alpha value is -1.05. The predicted octanol–water partition coefficient (Wildman–Crippen LogP) is 2.80. The minimum absolute atomic E-state index is 0.255. The predicted molar refractivity (Wildman–Crippen MR) is 45.6 cm³/mol. The molecule has 0 aliphatic rings. The molecule has 12 heavy (non-hydrogen) atoms. The molecule has 0 atom stereocenters. The van der Waals surface area contributed by atoms with Crippen molar-refractivity contribution < 1.29 is 9.13 Å². The quantitative estimate of drug-likeness (QED) is 0.625. The Labute approximate surface area is 72.2 Å². The van der Waals surface area contributed by atoms with E-state index in [0.717, 1.165) is 0 Å². The summed E-state index contributed by atoms with van der Waals surface area (Å²) in [5, 5.41) is 0. The molecule has 1 rings (SSSR count). The van der Waals surface area contributed by atoms with Crippen LogP contribution in [0.4, 0.5) is 4.39 Å². The lowest BCUT2D eigenvalue weighted by Gasteiger charge is -2.21. The SMILES string of the molecule is CC(C)(C)Oc1ccc[c]c1F. The van der Waals surface area contributed by atoms with Gasteiger partial charge in [0, 0.05) is 6.07 Å². The first-order valence-corrected chi connectivity index (χ1v) is 3.84. The number of hydrogen-bond donors (Lipinski definition) is 0. The van der Waals surface area contributed by atoms with Crippen LogP contribution in [-0.2, 0) is 0 Å². The van der Waals surface area contributed by atoms with Crippen molar-refractivity contribution in [2.75, 3.05) is 0 Å². The minimum Gasteiger partial charge on any atom is -0.485 e. The van der Waals surface area contributed by atoms with E-state index in [1.54, 1.807) is 12.1 Å². The topological polar surface area (TPSA) is 9.23 Å². The third kappa shape index (κ3) is 2.53. The van der Waals surface area contributed by atoms with Crippen LogP contribution >= 0.6 is 0 Å². The molecule has 0 fully saturated rings. The van der Waals surface area contributed by atoms with E-state index in [-0.39, 0.29) is 11.4 Å². The Bertz CT molecular complexity index is 263. The van der Waals surface area contributed by atoms with Crippen molar-refractivity contribution in [1.82, 2.24) is 0 Å². The third-order valence-electron chi connectivity index (χ3n) is 1.19. The number of hydrogen-bond acceptors (Lipinski definition) is 1. The summed E-state index contributed by atoms with van der Waals surface area (Å²) in [6.45, 7) is 5.62. The highest BCUT2D eigenvalue weighted by Gasteiger charge is 2.13. The second-order valence-corrected chi connectivity index (χ2v) is 3.56. The van der Waals surface area contributed by atoms with E-state index in [9.17, 15) is 4.39 Å². The fourth-order valence-corrected chi connectivity index (χ4v) is 0.810. The molecule has 0 amide bonds. The van der Waals surface area contributed by atoms with Crippen molar-refractivity contribution in [2.24, 2.45) is 0 Å². The molecule has 0 heterocycles. The average molecular weight is 167 g/mol. The Morgan fingerprint density at radius 2 is 2.08 bits per heavy atom. The molecule has 2 heteroatoms. The zero-order valence-corrected chi connectivity index (χ0v) is 7.52. The standard InChI is InChI=1S/C10H12FO/c1-10(2,3)12-9-7-5-4-6-8(9)11/h4-5,7H,1-3H3. The summed E-state index contributed by atoms with van der Waals surface area (Å²) in [5.41, 5.74) is -0.365. The molecule has 0 aliphatic heterocycles. The number of halogens is 1. The molecule has 0 aliphatic carbocycles. The molecule has 1 aromatic rings. The van der Waals surface area contributed by atoms with Crippen LogP contribution in [0.2, 0.25) is 0 Å². The summed E-state index contributed by atoms with van der Waals surface area (Å²) in [5.74, 6) is -0.183. The number of rotatable bonds is 1. The maximum Gasteiger partial charge on any atom is 0.173 e. The van der Waals surface area contributed by atoms with E-state index in [0.29, 0.717) is 0 Å². The molecule has 0 unspecified atom stereocenters. The first-order chi connectivity index (χ1) is 5.49. The molecule has 1 aromatic carbocycles. The van der Waals surface area contributed by atoms with Crippen LogP contribution in [0.5, 0.6) is 5.75 Å².